The Kier molecular flexibility index (Phi) is 6.62. The first-order chi connectivity index (χ1) is 19.5. The summed E-state index contributed by atoms with van der Waals surface area (Å²) in [4.78, 5) is 31.8. The van der Waals surface area contributed by atoms with Gasteiger partial charge in [-0.25, -0.2) is 14.6 Å². The first-order valence-corrected chi connectivity index (χ1v) is 13.0. The molecule has 5 aromatic rings. The molecule has 40 heavy (non-hydrogen) atoms. The molecule has 7 heteroatoms. The van der Waals surface area contributed by atoms with E-state index >= 15 is 0 Å². The Balaban J connectivity index is 1.31. The van der Waals surface area contributed by atoms with Crippen molar-refractivity contribution in [1.29, 1.82) is 0 Å². The number of carbonyl (C=O) groups excluding carboxylic acids is 1. The van der Waals surface area contributed by atoms with Crippen LogP contribution in [0.3, 0.4) is 0 Å². The number of carboxylic acid groups (broad SMARTS) is 1. The lowest BCUT2D eigenvalue weighted by atomic mass is 9.98. The van der Waals surface area contributed by atoms with Crippen molar-refractivity contribution in [3.05, 3.63) is 126 Å². The summed E-state index contributed by atoms with van der Waals surface area (Å²) < 4.78 is 5.15. The van der Waals surface area contributed by atoms with Crippen LogP contribution in [0.2, 0.25) is 0 Å². The SMILES string of the molecule is COC(=O)N(C1c2ccccc2-c2ccccc21)[C@@H](Cc1ccc(Nc2nccc3ccccc23)cc1)C(=O)O. The zero-order chi connectivity index (χ0) is 27.6. The highest BCUT2D eigenvalue weighted by Crippen LogP contribution is 2.47. The summed E-state index contributed by atoms with van der Waals surface area (Å²) in [5, 5.41) is 15.8. The third kappa shape index (κ3) is 4.52. The lowest BCUT2D eigenvalue weighted by molar-refractivity contribution is -0.143. The molecule has 1 aliphatic rings. The topological polar surface area (TPSA) is 91.8 Å². The Bertz CT molecular complexity index is 1670. The summed E-state index contributed by atoms with van der Waals surface area (Å²) in [6.07, 6.45) is 1.18. The van der Waals surface area contributed by atoms with Crippen molar-refractivity contribution >= 4 is 34.3 Å². The number of aromatic nitrogens is 1. The van der Waals surface area contributed by atoms with Crippen molar-refractivity contribution in [2.24, 2.45) is 0 Å². The number of benzene rings is 4. The fourth-order valence-corrected chi connectivity index (χ4v) is 5.55. The second-order valence-electron chi connectivity index (χ2n) is 9.72. The van der Waals surface area contributed by atoms with Crippen LogP contribution in [-0.2, 0) is 16.0 Å². The summed E-state index contributed by atoms with van der Waals surface area (Å²) in [5.74, 6) is -0.362. The number of aliphatic carboxylic acids is 1. The van der Waals surface area contributed by atoms with E-state index in [2.05, 4.69) is 10.3 Å². The Morgan fingerprint density at radius 2 is 1.50 bits per heavy atom. The summed E-state index contributed by atoms with van der Waals surface area (Å²) in [6, 6.07) is 31.3. The Morgan fingerprint density at radius 1 is 0.875 bits per heavy atom. The van der Waals surface area contributed by atoms with Gasteiger partial charge in [0.25, 0.3) is 0 Å². The van der Waals surface area contributed by atoms with Gasteiger partial charge in [-0.15, -0.1) is 0 Å². The van der Waals surface area contributed by atoms with Crippen LogP contribution in [0.15, 0.2) is 109 Å². The molecule has 1 amide bonds. The first-order valence-electron chi connectivity index (χ1n) is 13.0. The Hall–Kier alpha value is -5.17. The van der Waals surface area contributed by atoms with Crippen LogP contribution >= 0.6 is 0 Å². The zero-order valence-corrected chi connectivity index (χ0v) is 21.8. The highest BCUT2D eigenvalue weighted by Gasteiger charge is 2.42. The van der Waals surface area contributed by atoms with E-state index in [0.29, 0.717) is 0 Å². The van der Waals surface area contributed by atoms with Gasteiger partial charge in [0.05, 0.1) is 13.2 Å². The molecule has 0 spiro atoms. The Labute approximate surface area is 231 Å². The van der Waals surface area contributed by atoms with E-state index in [9.17, 15) is 14.7 Å². The van der Waals surface area contributed by atoms with E-state index in [1.54, 1.807) is 6.20 Å². The van der Waals surface area contributed by atoms with Gasteiger partial charge in [0.2, 0.25) is 0 Å². The molecule has 2 N–H and O–H groups in total. The van der Waals surface area contributed by atoms with E-state index in [0.717, 1.165) is 50.1 Å². The number of pyridine rings is 1. The standard InChI is InChI=1S/C33H27N3O4/c1-40-33(39)36(30-27-12-6-4-10-25(27)26-11-5-7-13-28(26)30)29(32(37)38)20-21-14-16-23(17-15-21)35-31-24-9-3-2-8-22(24)18-19-34-31/h2-19,29-30H,20H2,1H3,(H,34,35)(H,37,38)/t29-/m0/s1. The lowest BCUT2D eigenvalue weighted by Crippen LogP contribution is -2.48. The largest absolute Gasteiger partial charge is 0.480 e. The molecule has 0 unspecified atom stereocenters. The average molecular weight is 530 g/mol. The van der Waals surface area contributed by atoms with Crippen LogP contribution < -0.4 is 5.32 Å². The maximum Gasteiger partial charge on any atom is 0.411 e. The van der Waals surface area contributed by atoms with E-state index in [1.807, 2.05) is 103 Å². The molecule has 6 rings (SSSR count). The second-order valence-corrected chi connectivity index (χ2v) is 9.72. The number of hydrogen-bond donors (Lipinski definition) is 2. The summed E-state index contributed by atoms with van der Waals surface area (Å²) >= 11 is 0. The van der Waals surface area contributed by atoms with Gasteiger partial charge in [-0.3, -0.25) is 4.90 Å². The normalized spacial score (nSPS) is 12.8. The van der Waals surface area contributed by atoms with Gasteiger partial charge in [0, 0.05) is 23.7 Å². The minimum atomic E-state index is -1.16. The van der Waals surface area contributed by atoms with Crippen molar-refractivity contribution in [3.63, 3.8) is 0 Å². The number of carboxylic acids is 1. The van der Waals surface area contributed by atoms with Crippen LogP contribution in [0.1, 0.15) is 22.7 Å². The highest BCUT2D eigenvalue weighted by atomic mass is 16.5. The molecule has 0 saturated carbocycles. The van der Waals surface area contributed by atoms with Crippen LogP contribution in [0.4, 0.5) is 16.3 Å². The number of fused-ring (bicyclic) bond motifs is 4. The van der Waals surface area contributed by atoms with Crippen molar-refractivity contribution in [2.75, 3.05) is 12.4 Å². The molecule has 198 valence electrons. The predicted molar refractivity (Wildman–Crippen MR) is 155 cm³/mol. The molecule has 0 aliphatic heterocycles. The van der Waals surface area contributed by atoms with Crippen molar-refractivity contribution in [3.8, 4) is 11.1 Å². The molecule has 1 aromatic heterocycles. The molecular weight excluding hydrogens is 502 g/mol. The zero-order valence-electron chi connectivity index (χ0n) is 21.8. The Morgan fingerprint density at radius 3 is 2.15 bits per heavy atom. The second kappa shape index (κ2) is 10.5. The van der Waals surface area contributed by atoms with Crippen molar-refractivity contribution < 1.29 is 19.4 Å². The summed E-state index contributed by atoms with van der Waals surface area (Å²) in [5.41, 5.74) is 5.32. The van der Waals surface area contributed by atoms with E-state index in [1.165, 1.54) is 12.0 Å². The lowest BCUT2D eigenvalue weighted by Gasteiger charge is -2.34. The molecule has 1 atom stereocenters. The number of ether oxygens (including phenoxy) is 1. The number of anilines is 2. The van der Waals surface area contributed by atoms with Gasteiger partial charge in [0.1, 0.15) is 11.9 Å². The number of hydrogen-bond acceptors (Lipinski definition) is 5. The van der Waals surface area contributed by atoms with Crippen molar-refractivity contribution in [1.82, 2.24) is 9.88 Å². The smallest absolute Gasteiger partial charge is 0.411 e. The fraction of sp³-hybridized carbons (Fsp3) is 0.121. The molecule has 7 nitrogen and oxygen atoms in total. The number of methoxy groups -OCH3 is 1. The van der Waals surface area contributed by atoms with Gasteiger partial charge in [0.15, 0.2) is 0 Å². The van der Waals surface area contributed by atoms with Gasteiger partial charge >= 0.3 is 12.1 Å². The number of amides is 1. The number of rotatable bonds is 7. The highest BCUT2D eigenvalue weighted by molar-refractivity contribution is 5.93. The van der Waals surface area contributed by atoms with E-state index in [-0.39, 0.29) is 6.42 Å². The molecule has 4 aromatic carbocycles. The maximum atomic E-state index is 13.2. The van der Waals surface area contributed by atoms with Gasteiger partial charge in [-0.1, -0.05) is 84.9 Å². The van der Waals surface area contributed by atoms with E-state index in [4.69, 9.17) is 4.74 Å². The van der Waals surface area contributed by atoms with Gasteiger partial charge in [-0.2, -0.15) is 0 Å². The molecule has 0 bridgehead atoms. The number of nitrogens with one attached hydrogen (secondary N) is 1. The van der Waals surface area contributed by atoms with Crippen LogP contribution in [-0.4, -0.2) is 40.2 Å². The number of carbonyl (C=O) groups is 2. The van der Waals surface area contributed by atoms with E-state index < -0.39 is 24.1 Å². The first kappa shape index (κ1) is 25.1. The monoisotopic (exact) mass is 529 g/mol. The summed E-state index contributed by atoms with van der Waals surface area (Å²) in [6.45, 7) is 0. The van der Waals surface area contributed by atoms with Crippen LogP contribution in [0.25, 0.3) is 21.9 Å². The summed E-state index contributed by atoms with van der Waals surface area (Å²) in [7, 11) is 1.28. The molecular formula is C33H27N3O4. The molecule has 0 saturated heterocycles. The van der Waals surface area contributed by atoms with Crippen LogP contribution in [0.5, 0.6) is 0 Å². The minimum Gasteiger partial charge on any atom is -0.480 e. The van der Waals surface area contributed by atoms with Crippen molar-refractivity contribution in [2.45, 2.75) is 18.5 Å². The quantitative estimate of drug-likeness (QED) is 0.241. The third-order valence-corrected chi connectivity index (χ3v) is 7.40. The molecule has 0 radical (unpaired) electrons. The molecule has 1 heterocycles. The average Bonchev–Trinajstić information content (AvgIpc) is 3.32. The maximum absolute atomic E-state index is 13.2. The fourth-order valence-electron chi connectivity index (χ4n) is 5.55. The molecule has 1 aliphatic carbocycles. The van der Waals surface area contributed by atoms with Gasteiger partial charge < -0.3 is 15.2 Å². The molecule has 0 fully saturated rings. The van der Waals surface area contributed by atoms with Crippen LogP contribution in [0, 0.1) is 0 Å². The number of nitrogens with zero attached hydrogens (tertiary/aromatic N) is 2. The minimum absolute atomic E-state index is 0.109. The predicted octanol–water partition coefficient (Wildman–Crippen LogP) is 6.81. The van der Waals surface area contributed by atoms with Gasteiger partial charge in [-0.05, 0) is 51.4 Å². The third-order valence-electron chi connectivity index (χ3n) is 7.40.